The number of benzene rings is 1. The van der Waals surface area contributed by atoms with E-state index >= 15 is 0 Å². The van der Waals surface area contributed by atoms with Crippen molar-refractivity contribution in [2.24, 2.45) is 0 Å². The minimum Gasteiger partial charge on any atom is -0.468 e. The number of aromatic nitrogens is 1. The van der Waals surface area contributed by atoms with Crippen LogP contribution in [0.3, 0.4) is 0 Å². The van der Waals surface area contributed by atoms with Gasteiger partial charge in [0.15, 0.2) is 6.61 Å². The van der Waals surface area contributed by atoms with Gasteiger partial charge in [-0.05, 0) is 37.3 Å². The molecule has 0 saturated carbocycles. The maximum Gasteiger partial charge on any atom is 0.422 e. The van der Waals surface area contributed by atoms with Gasteiger partial charge in [0.25, 0.3) is 0 Å². The molecule has 2 aromatic rings. The highest BCUT2D eigenvalue weighted by molar-refractivity contribution is 5.26. The number of hydrogen-bond donors (Lipinski definition) is 1. The topological polar surface area (TPSA) is 45.6 Å². The molecule has 2 aliphatic heterocycles. The molecule has 2 atom stereocenters. The van der Waals surface area contributed by atoms with E-state index in [1.807, 2.05) is 18.2 Å². The molecule has 0 spiro atoms. The van der Waals surface area contributed by atoms with Crippen LogP contribution >= 0.6 is 0 Å². The highest BCUT2D eigenvalue weighted by Gasteiger charge is 2.48. The van der Waals surface area contributed by atoms with Gasteiger partial charge in [-0.2, -0.15) is 13.2 Å². The molecule has 2 saturated heterocycles. The highest BCUT2D eigenvalue weighted by atomic mass is 19.4. The highest BCUT2D eigenvalue weighted by Crippen LogP contribution is 2.46. The molecule has 2 unspecified atom stereocenters. The van der Waals surface area contributed by atoms with Gasteiger partial charge in [-0.25, -0.2) is 4.98 Å². The van der Waals surface area contributed by atoms with E-state index in [4.69, 9.17) is 0 Å². The lowest BCUT2D eigenvalue weighted by Gasteiger charge is -2.44. The fourth-order valence-corrected chi connectivity index (χ4v) is 4.50. The summed E-state index contributed by atoms with van der Waals surface area (Å²) in [6.07, 6.45) is 0.322. The lowest BCUT2D eigenvalue weighted by molar-refractivity contribution is -0.154. The van der Waals surface area contributed by atoms with Crippen molar-refractivity contribution < 1.29 is 23.0 Å². The van der Waals surface area contributed by atoms with Crippen LogP contribution in [0, 0.1) is 0 Å². The Labute approximate surface area is 162 Å². The van der Waals surface area contributed by atoms with E-state index < -0.39 is 18.4 Å². The van der Waals surface area contributed by atoms with Gasteiger partial charge < -0.3 is 9.84 Å². The average Bonchev–Trinajstić information content (AvgIpc) is 2.91. The number of rotatable bonds is 5. The normalized spacial score (nSPS) is 27.7. The summed E-state index contributed by atoms with van der Waals surface area (Å²) in [7, 11) is 0. The minimum atomic E-state index is -4.40. The van der Waals surface area contributed by atoms with Gasteiger partial charge in [0.1, 0.15) is 0 Å². The second kappa shape index (κ2) is 7.37. The van der Waals surface area contributed by atoms with Crippen molar-refractivity contribution in [2.75, 3.05) is 6.61 Å². The predicted molar refractivity (Wildman–Crippen MR) is 97.7 cm³/mol. The smallest absolute Gasteiger partial charge is 0.422 e. The van der Waals surface area contributed by atoms with Crippen molar-refractivity contribution in [1.82, 2.24) is 9.88 Å². The molecule has 3 heterocycles. The Morgan fingerprint density at radius 2 is 1.75 bits per heavy atom. The van der Waals surface area contributed by atoms with Crippen LogP contribution in [0.15, 0.2) is 48.7 Å². The minimum absolute atomic E-state index is 0.0887. The second-order valence-electron chi connectivity index (χ2n) is 7.77. The molecule has 0 radical (unpaired) electrons. The van der Waals surface area contributed by atoms with Crippen LogP contribution in [-0.4, -0.2) is 39.9 Å². The summed E-state index contributed by atoms with van der Waals surface area (Å²) in [5, 5.41) is 11.3. The van der Waals surface area contributed by atoms with Crippen LogP contribution < -0.4 is 4.74 Å². The summed E-state index contributed by atoms with van der Waals surface area (Å²) in [5.74, 6) is -0.0887. The zero-order chi connectivity index (χ0) is 19.8. The number of ether oxygens (including phenoxy) is 1. The SMILES string of the molecule is OC1(c2ccc(OCC(F)(F)F)nc2)CC2CCC(C1)N2Cc1ccccc1. The molecule has 2 aliphatic rings. The Morgan fingerprint density at radius 3 is 2.32 bits per heavy atom. The number of alkyl halides is 3. The van der Waals surface area contributed by atoms with Gasteiger partial charge in [-0.3, -0.25) is 4.90 Å². The van der Waals surface area contributed by atoms with Crippen LogP contribution in [0.2, 0.25) is 0 Å². The van der Waals surface area contributed by atoms with E-state index in [0.29, 0.717) is 18.4 Å². The number of halogens is 3. The van der Waals surface area contributed by atoms with E-state index in [9.17, 15) is 18.3 Å². The van der Waals surface area contributed by atoms with Crippen LogP contribution in [0.4, 0.5) is 13.2 Å². The first-order valence-electron chi connectivity index (χ1n) is 9.51. The molecule has 7 heteroatoms. The zero-order valence-corrected chi connectivity index (χ0v) is 15.4. The number of nitrogens with zero attached hydrogens (tertiary/aromatic N) is 2. The molecule has 4 rings (SSSR count). The van der Waals surface area contributed by atoms with Gasteiger partial charge in [-0.1, -0.05) is 30.3 Å². The van der Waals surface area contributed by atoms with Gasteiger partial charge in [0.05, 0.1) is 5.60 Å². The van der Waals surface area contributed by atoms with E-state index in [2.05, 4.69) is 26.8 Å². The Morgan fingerprint density at radius 1 is 1.07 bits per heavy atom. The first kappa shape index (κ1) is 19.2. The van der Waals surface area contributed by atoms with Crippen molar-refractivity contribution >= 4 is 0 Å². The largest absolute Gasteiger partial charge is 0.468 e. The summed E-state index contributed by atoms with van der Waals surface area (Å²) in [6.45, 7) is -0.503. The van der Waals surface area contributed by atoms with Crippen LogP contribution in [0.25, 0.3) is 0 Å². The maximum absolute atomic E-state index is 12.3. The molecule has 28 heavy (non-hydrogen) atoms. The van der Waals surface area contributed by atoms with Crippen molar-refractivity contribution in [3.63, 3.8) is 0 Å². The number of piperidine rings is 1. The zero-order valence-electron chi connectivity index (χ0n) is 15.4. The Kier molecular flexibility index (Phi) is 5.05. The third kappa shape index (κ3) is 4.15. The monoisotopic (exact) mass is 392 g/mol. The summed E-state index contributed by atoms with van der Waals surface area (Å²) >= 11 is 0. The van der Waals surface area contributed by atoms with E-state index in [0.717, 1.165) is 19.4 Å². The quantitative estimate of drug-likeness (QED) is 0.834. The molecule has 2 bridgehead atoms. The van der Waals surface area contributed by atoms with E-state index in [1.54, 1.807) is 6.07 Å². The van der Waals surface area contributed by atoms with Gasteiger partial charge in [0, 0.05) is 36.5 Å². The summed E-state index contributed by atoms with van der Waals surface area (Å²) < 4.78 is 41.4. The lowest BCUT2D eigenvalue weighted by Crippen LogP contribution is -2.49. The Bertz CT molecular complexity index is 782. The number of pyridine rings is 1. The molecule has 2 fully saturated rings. The van der Waals surface area contributed by atoms with Gasteiger partial charge in [0.2, 0.25) is 5.88 Å². The summed E-state index contributed by atoms with van der Waals surface area (Å²) in [6, 6.07) is 13.9. The third-order valence-corrected chi connectivity index (χ3v) is 5.78. The first-order chi connectivity index (χ1) is 13.3. The standard InChI is InChI=1S/C21H23F3N2O2/c22-21(23,24)14-28-19-9-6-16(12-25-19)20(27)10-17-7-8-18(11-20)26(17)13-15-4-2-1-3-5-15/h1-6,9,12,17-18,27H,7-8,10-11,13-14H2. The summed E-state index contributed by atoms with van der Waals surface area (Å²) in [4.78, 5) is 6.43. The molecule has 1 aromatic heterocycles. The van der Waals surface area contributed by atoms with Crippen molar-refractivity contribution in [2.45, 2.75) is 56.1 Å². The molecule has 1 N–H and O–H groups in total. The molecular weight excluding hydrogens is 369 g/mol. The fourth-order valence-electron chi connectivity index (χ4n) is 4.50. The first-order valence-corrected chi connectivity index (χ1v) is 9.51. The van der Waals surface area contributed by atoms with E-state index in [-0.39, 0.29) is 18.0 Å². The van der Waals surface area contributed by atoms with Crippen LogP contribution in [0.5, 0.6) is 5.88 Å². The third-order valence-electron chi connectivity index (χ3n) is 5.78. The van der Waals surface area contributed by atoms with E-state index in [1.165, 1.54) is 17.8 Å². The van der Waals surface area contributed by atoms with Crippen molar-refractivity contribution in [3.8, 4) is 5.88 Å². The van der Waals surface area contributed by atoms with Gasteiger partial charge in [-0.15, -0.1) is 0 Å². The van der Waals surface area contributed by atoms with Gasteiger partial charge >= 0.3 is 6.18 Å². The molecule has 150 valence electrons. The molecule has 1 aromatic carbocycles. The fraction of sp³-hybridized carbons (Fsp3) is 0.476. The lowest BCUT2D eigenvalue weighted by atomic mass is 9.81. The van der Waals surface area contributed by atoms with Crippen LogP contribution in [-0.2, 0) is 12.1 Å². The Balaban J connectivity index is 1.44. The predicted octanol–water partition coefficient (Wildman–Crippen LogP) is 4.04. The Hall–Kier alpha value is -2.12. The molecule has 4 nitrogen and oxygen atoms in total. The van der Waals surface area contributed by atoms with Crippen molar-refractivity contribution in [1.29, 1.82) is 0 Å². The number of fused-ring (bicyclic) bond motifs is 2. The van der Waals surface area contributed by atoms with Crippen LogP contribution in [0.1, 0.15) is 36.8 Å². The molecule has 0 amide bonds. The number of aliphatic hydroxyl groups is 1. The maximum atomic E-state index is 12.3. The number of hydrogen-bond acceptors (Lipinski definition) is 4. The summed E-state index contributed by atoms with van der Waals surface area (Å²) in [5.41, 5.74) is 0.898. The van der Waals surface area contributed by atoms with Crippen molar-refractivity contribution in [3.05, 3.63) is 59.8 Å². The molecular formula is C21H23F3N2O2. The molecule has 0 aliphatic carbocycles. The average molecular weight is 392 g/mol. The second-order valence-corrected chi connectivity index (χ2v) is 7.77.